The van der Waals surface area contributed by atoms with E-state index in [2.05, 4.69) is 27.4 Å². The van der Waals surface area contributed by atoms with Gasteiger partial charge in [0.15, 0.2) is 0 Å². The summed E-state index contributed by atoms with van der Waals surface area (Å²) in [6.07, 6.45) is 10.5. The van der Waals surface area contributed by atoms with E-state index >= 15 is 0 Å². The smallest absolute Gasteiger partial charge is 0.330 e. The van der Waals surface area contributed by atoms with Gasteiger partial charge in [0.2, 0.25) is 0 Å². The van der Waals surface area contributed by atoms with Gasteiger partial charge in [-0.3, -0.25) is 0 Å². The van der Waals surface area contributed by atoms with E-state index in [1.807, 2.05) is 0 Å². The van der Waals surface area contributed by atoms with Crippen LogP contribution in [0.3, 0.4) is 0 Å². The molecule has 0 aromatic rings. The summed E-state index contributed by atoms with van der Waals surface area (Å²) in [6.45, 7) is 10.3. The summed E-state index contributed by atoms with van der Waals surface area (Å²) in [5.74, 6) is 2.79. The van der Waals surface area contributed by atoms with E-state index in [4.69, 9.17) is 4.74 Å². The van der Waals surface area contributed by atoms with Crippen LogP contribution in [0.25, 0.3) is 0 Å². The zero-order valence-electron chi connectivity index (χ0n) is 13.9. The van der Waals surface area contributed by atoms with Crippen molar-refractivity contribution < 1.29 is 9.53 Å². The van der Waals surface area contributed by atoms with E-state index in [1.165, 1.54) is 44.6 Å². The highest BCUT2D eigenvalue weighted by Gasteiger charge is 2.61. The second kappa shape index (κ2) is 5.14. The van der Waals surface area contributed by atoms with Crippen LogP contribution in [0.15, 0.2) is 12.7 Å². The van der Waals surface area contributed by atoms with Crippen molar-refractivity contribution >= 4 is 5.97 Å². The predicted octanol–water partition coefficient (Wildman–Crippen LogP) is 4.74. The first-order chi connectivity index (χ1) is 9.92. The first kappa shape index (κ1) is 15.1. The molecule has 4 aliphatic rings. The third-order valence-corrected chi connectivity index (χ3v) is 7.12. The van der Waals surface area contributed by atoms with Crippen LogP contribution in [0.4, 0.5) is 0 Å². The normalized spacial score (nSPS) is 41.4. The van der Waals surface area contributed by atoms with Crippen LogP contribution in [-0.2, 0) is 9.53 Å². The second-order valence-electron chi connectivity index (χ2n) is 8.24. The van der Waals surface area contributed by atoms with Crippen LogP contribution in [0.5, 0.6) is 0 Å². The summed E-state index contributed by atoms with van der Waals surface area (Å²) in [7, 11) is 0. The summed E-state index contributed by atoms with van der Waals surface area (Å²) in [4.78, 5) is 12.0. The van der Waals surface area contributed by atoms with Gasteiger partial charge in [-0.2, -0.15) is 0 Å². The Bertz CT molecular complexity index is 404. The molecule has 21 heavy (non-hydrogen) atoms. The van der Waals surface area contributed by atoms with Crippen LogP contribution in [0.2, 0.25) is 0 Å². The Balaban J connectivity index is 1.95. The zero-order chi connectivity index (χ0) is 15.3. The zero-order valence-corrected chi connectivity index (χ0v) is 13.9. The molecule has 0 heterocycles. The molecule has 4 saturated carbocycles. The molecule has 0 aliphatic heterocycles. The number of carbonyl (C=O) groups is 1. The van der Waals surface area contributed by atoms with Crippen molar-refractivity contribution in [2.24, 2.45) is 29.1 Å². The highest BCUT2D eigenvalue weighted by atomic mass is 16.6. The largest absolute Gasteiger partial charge is 0.455 e. The number of carbonyl (C=O) groups excluding carboxylic acids is 1. The van der Waals surface area contributed by atoms with E-state index < -0.39 is 0 Å². The van der Waals surface area contributed by atoms with Crippen molar-refractivity contribution in [1.82, 2.24) is 0 Å². The molecular weight excluding hydrogens is 260 g/mol. The van der Waals surface area contributed by atoms with Crippen molar-refractivity contribution in [2.75, 3.05) is 0 Å². The minimum Gasteiger partial charge on any atom is -0.455 e. The molecule has 2 unspecified atom stereocenters. The van der Waals surface area contributed by atoms with Gasteiger partial charge in [0.25, 0.3) is 0 Å². The first-order valence-electron chi connectivity index (χ1n) is 8.78. The van der Waals surface area contributed by atoms with Gasteiger partial charge < -0.3 is 4.74 Å². The molecule has 118 valence electrons. The lowest BCUT2D eigenvalue weighted by Crippen LogP contribution is -2.61. The summed E-state index contributed by atoms with van der Waals surface area (Å²) in [6, 6.07) is 0. The van der Waals surface area contributed by atoms with Gasteiger partial charge >= 0.3 is 5.97 Å². The average Bonchev–Trinajstić information content (AvgIpc) is 2.44. The molecule has 0 amide bonds. The van der Waals surface area contributed by atoms with Gasteiger partial charge in [0.05, 0.1) is 0 Å². The topological polar surface area (TPSA) is 26.3 Å². The highest BCUT2D eigenvalue weighted by molar-refractivity contribution is 5.81. The summed E-state index contributed by atoms with van der Waals surface area (Å²) in [5, 5.41) is 0. The summed E-state index contributed by atoms with van der Waals surface area (Å²) >= 11 is 0. The van der Waals surface area contributed by atoms with Crippen molar-refractivity contribution in [3.05, 3.63) is 12.7 Å². The predicted molar refractivity (Wildman–Crippen MR) is 84.8 cm³/mol. The van der Waals surface area contributed by atoms with Crippen LogP contribution in [-0.4, -0.2) is 11.6 Å². The maximum atomic E-state index is 12.0. The standard InChI is InChI=1S/C19H30O2/c1-5-13(3)18(4,21-17(20)6-2)19-10-14-7-15(11-19)9-16(8-14)12-19/h6,13-16H,2,5,7-12H2,1,3-4H3. The van der Waals surface area contributed by atoms with Gasteiger partial charge in [-0.05, 0) is 75.5 Å². The van der Waals surface area contributed by atoms with Crippen LogP contribution in [0, 0.1) is 29.1 Å². The molecule has 2 heteroatoms. The Morgan fingerprint density at radius 3 is 2.14 bits per heavy atom. The molecule has 0 N–H and O–H groups in total. The SMILES string of the molecule is C=CC(=O)OC(C)(C(C)CC)C12CC3CC(CC(C3)C1)C2. The summed E-state index contributed by atoms with van der Waals surface area (Å²) < 4.78 is 6.07. The lowest BCUT2D eigenvalue weighted by Gasteiger charge is -2.63. The van der Waals surface area contributed by atoms with Crippen LogP contribution < -0.4 is 0 Å². The second-order valence-corrected chi connectivity index (χ2v) is 8.24. The molecule has 4 rings (SSSR count). The van der Waals surface area contributed by atoms with E-state index in [9.17, 15) is 4.79 Å². The van der Waals surface area contributed by atoms with E-state index in [-0.39, 0.29) is 17.0 Å². The van der Waals surface area contributed by atoms with Crippen molar-refractivity contribution in [3.8, 4) is 0 Å². The quantitative estimate of drug-likeness (QED) is 0.540. The molecule has 2 nitrogen and oxygen atoms in total. The Labute approximate surface area is 129 Å². The number of hydrogen-bond acceptors (Lipinski definition) is 2. The van der Waals surface area contributed by atoms with Gasteiger partial charge in [-0.15, -0.1) is 0 Å². The Hall–Kier alpha value is -0.790. The maximum absolute atomic E-state index is 12.0. The molecular formula is C19H30O2. The third kappa shape index (κ3) is 2.26. The van der Waals surface area contributed by atoms with Gasteiger partial charge in [-0.1, -0.05) is 20.4 Å². The van der Waals surface area contributed by atoms with Crippen LogP contribution >= 0.6 is 0 Å². The fourth-order valence-electron chi connectivity index (χ4n) is 6.09. The molecule has 0 aromatic carbocycles. The molecule has 0 spiro atoms. The van der Waals surface area contributed by atoms with E-state index in [0.717, 1.165) is 24.2 Å². The van der Waals surface area contributed by atoms with Gasteiger partial charge in [0.1, 0.15) is 5.60 Å². The van der Waals surface area contributed by atoms with Crippen LogP contribution in [0.1, 0.15) is 65.7 Å². The van der Waals surface area contributed by atoms with Gasteiger partial charge in [0, 0.05) is 11.5 Å². The minimum atomic E-state index is -0.330. The third-order valence-electron chi connectivity index (χ3n) is 7.12. The van der Waals surface area contributed by atoms with Crippen molar-refractivity contribution in [2.45, 2.75) is 71.3 Å². The Morgan fingerprint density at radius 2 is 1.76 bits per heavy atom. The molecule has 2 atom stereocenters. The lowest BCUT2D eigenvalue weighted by molar-refractivity contribution is -0.215. The molecule has 0 radical (unpaired) electrons. The lowest BCUT2D eigenvalue weighted by atomic mass is 9.44. The fraction of sp³-hybridized carbons (Fsp3) is 0.842. The van der Waals surface area contributed by atoms with E-state index in [1.54, 1.807) is 0 Å². The molecule has 4 bridgehead atoms. The van der Waals surface area contributed by atoms with Gasteiger partial charge in [-0.25, -0.2) is 4.79 Å². The van der Waals surface area contributed by atoms with Crippen molar-refractivity contribution in [3.63, 3.8) is 0 Å². The van der Waals surface area contributed by atoms with E-state index in [0.29, 0.717) is 5.92 Å². The molecule has 4 fully saturated rings. The number of hydrogen-bond donors (Lipinski definition) is 0. The minimum absolute atomic E-state index is 0.218. The molecule has 4 aliphatic carbocycles. The average molecular weight is 290 g/mol. The molecule has 0 aromatic heterocycles. The number of rotatable bonds is 5. The fourth-order valence-corrected chi connectivity index (χ4v) is 6.09. The Morgan fingerprint density at radius 1 is 1.29 bits per heavy atom. The summed E-state index contributed by atoms with van der Waals surface area (Å²) in [5.41, 5.74) is -0.112. The molecule has 0 saturated heterocycles. The highest BCUT2D eigenvalue weighted by Crippen LogP contribution is 2.65. The first-order valence-corrected chi connectivity index (χ1v) is 8.78. The Kier molecular flexibility index (Phi) is 3.70. The number of ether oxygens (including phenoxy) is 1. The number of esters is 1. The maximum Gasteiger partial charge on any atom is 0.330 e. The van der Waals surface area contributed by atoms with Crippen molar-refractivity contribution in [1.29, 1.82) is 0 Å². The monoisotopic (exact) mass is 290 g/mol.